The van der Waals surface area contributed by atoms with Crippen molar-refractivity contribution in [3.05, 3.63) is 99.4 Å². The van der Waals surface area contributed by atoms with E-state index in [-0.39, 0.29) is 22.4 Å². The highest BCUT2D eigenvalue weighted by molar-refractivity contribution is 6.31. The van der Waals surface area contributed by atoms with Crippen molar-refractivity contribution in [3.8, 4) is 28.8 Å². The lowest BCUT2D eigenvalue weighted by Crippen LogP contribution is -2.04. The highest BCUT2D eigenvalue weighted by Gasteiger charge is 2.15. The van der Waals surface area contributed by atoms with E-state index in [1.165, 1.54) is 40.1 Å². The molecule has 22 heteroatoms. The standard InChI is InChI=1S/C9H9N5O3.C9H11N5O.C7H4ClN5O2/c1-2-17-9-8(13-4-3-11-12-13)5-7(6-10-9)14(15)16;1-2-15-9-8(5-7(10)6-11-9)14-4-3-12-13-14;8-7-6(12-2-1-10-11-12)3-5(4-9-7)13(14)15/h3-6H,2H2,1H3;3-6H,2,10H2,1H3;1-4H. The summed E-state index contributed by atoms with van der Waals surface area (Å²) in [6, 6.07) is 4.36. The Hall–Kier alpha value is -6.64. The molecule has 47 heavy (non-hydrogen) atoms. The number of rotatable bonds is 9. The SMILES string of the molecule is CCOc1ncc(N)cc1-n1ccnn1.CCOc1ncc([N+](=O)[O-])cc1-n1ccnn1.O=[N+]([O-])c1cnc(Cl)c(-n2ccnn2)c1. The molecule has 242 valence electrons. The van der Waals surface area contributed by atoms with Gasteiger partial charge >= 0.3 is 0 Å². The van der Waals surface area contributed by atoms with Crippen LogP contribution in [0, 0.1) is 20.2 Å². The lowest BCUT2D eigenvalue weighted by atomic mass is 10.3. The third-order valence-electron chi connectivity index (χ3n) is 5.47. The first-order valence-corrected chi connectivity index (χ1v) is 13.6. The molecule has 0 aliphatic carbocycles. The van der Waals surface area contributed by atoms with Crippen LogP contribution in [0.5, 0.6) is 11.8 Å². The molecule has 0 radical (unpaired) electrons. The third kappa shape index (κ3) is 8.72. The number of nitrogens with two attached hydrogens (primary N) is 1. The minimum absolute atomic E-state index is 0.126. The van der Waals surface area contributed by atoms with Crippen LogP contribution in [0.2, 0.25) is 5.15 Å². The van der Waals surface area contributed by atoms with Crippen LogP contribution >= 0.6 is 11.6 Å². The third-order valence-corrected chi connectivity index (χ3v) is 5.76. The molecule has 6 heterocycles. The van der Waals surface area contributed by atoms with Gasteiger partial charge in [0, 0.05) is 12.1 Å². The lowest BCUT2D eigenvalue weighted by Gasteiger charge is -2.08. The molecule has 0 fully saturated rings. The lowest BCUT2D eigenvalue weighted by molar-refractivity contribution is -0.385. The first-order valence-electron chi connectivity index (χ1n) is 13.3. The Kier molecular flexibility index (Phi) is 11.2. The van der Waals surface area contributed by atoms with Crippen LogP contribution in [-0.4, -0.2) is 83.0 Å². The van der Waals surface area contributed by atoms with E-state index >= 15 is 0 Å². The number of nitrogens with zero attached hydrogens (tertiary/aromatic N) is 14. The number of ether oxygens (including phenoxy) is 2. The first kappa shape index (κ1) is 33.3. The molecule has 0 unspecified atom stereocenters. The zero-order chi connectivity index (χ0) is 33.8. The van der Waals surface area contributed by atoms with Crippen molar-refractivity contribution in [2.75, 3.05) is 18.9 Å². The summed E-state index contributed by atoms with van der Waals surface area (Å²) in [4.78, 5) is 31.8. The van der Waals surface area contributed by atoms with Gasteiger partial charge in [-0.05, 0) is 19.9 Å². The molecular formula is C25H24ClN15O6. The Bertz CT molecular complexity index is 1900. The predicted octanol–water partition coefficient (Wildman–Crippen LogP) is 2.84. The van der Waals surface area contributed by atoms with Gasteiger partial charge in [-0.3, -0.25) is 20.2 Å². The Morgan fingerprint density at radius 3 is 1.57 bits per heavy atom. The average molecular weight is 666 g/mol. The highest BCUT2D eigenvalue weighted by Crippen LogP contribution is 2.24. The van der Waals surface area contributed by atoms with Gasteiger partial charge in [-0.25, -0.2) is 29.0 Å². The van der Waals surface area contributed by atoms with Gasteiger partial charge in [0.25, 0.3) is 11.4 Å². The second-order valence-corrected chi connectivity index (χ2v) is 8.90. The number of nitro groups is 2. The largest absolute Gasteiger partial charge is 0.476 e. The van der Waals surface area contributed by atoms with Crippen molar-refractivity contribution in [1.82, 2.24) is 59.9 Å². The van der Waals surface area contributed by atoms with Crippen LogP contribution in [0.4, 0.5) is 17.1 Å². The summed E-state index contributed by atoms with van der Waals surface area (Å²) in [5, 5.41) is 43.5. The van der Waals surface area contributed by atoms with E-state index in [2.05, 4.69) is 45.9 Å². The van der Waals surface area contributed by atoms with E-state index in [0.29, 0.717) is 41.8 Å². The summed E-state index contributed by atoms with van der Waals surface area (Å²) >= 11 is 5.77. The van der Waals surface area contributed by atoms with Gasteiger partial charge in [-0.2, -0.15) is 0 Å². The van der Waals surface area contributed by atoms with Crippen molar-refractivity contribution < 1.29 is 19.3 Å². The molecule has 0 aliphatic rings. The van der Waals surface area contributed by atoms with Crippen molar-refractivity contribution in [3.63, 3.8) is 0 Å². The smallest absolute Gasteiger partial charge is 0.290 e. The van der Waals surface area contributed by atoms with E-state index in [4.69, 9.17) is 26.8 Å². The van der Waals surface area contributed by atoms with Crippen LogP contribution in [0.15, 0.2) is 74.0 Å². The van der Waals surface area contributed by atoms with Crippen LogP contribution in [0.1, 0.15) is 13.8 Å². The summed E-state index contributed by atoms with van der Waals surface area (Å²) < 4.78 is 14.9. The van der Waals surface area contributed by atoms with Crippen LogP contribution in [-0.2, 0) is 0 Å². The van der Waals surface area contributed by atoms with E-state index in [1.54, 1.807) is 42.5 Å². The average Bonchev–Trinajstić information content (AvgIpc) is 3.88. The number of aromatic nitrogens is 12. The fraction of sp³-hybridized carbons (Fsp3) is 0.160. The first-order chi connectivity index (χ1) is 22.7. The maximum Gasteiger partial charge on any atom is 0.290 e. The molecule has 6 aromatic heterocycles. The number of halogens is 1. The van der Waals surface area contributed by atoms with Gasteiger partial charge in [0.2, 0.25) is 11.8 Å². The molecular weight excluding hydrogens is 642 g/mol. The van der Waals surface area contributed by atoms with E-state index in [1.807, 2.05) is 6.92 Å². The van der Waals surface area contributed by atoms with Crippen molar-refractivity contribution >= 4 is 28.7 Å². The normalized spacial score (nSPS) is 10.2. The minimum Gasteiger partial charge on any atom is -0.476 e. The molecule has 2 N–H and O–H groups in total. The summed E-state index contributed by atoms with van der Waals surface area (Å²) in [7, 11) is 0. The molecule has 6 rings (SSSR count). The van der Waals surface area contributed by atoms with E-state index in [9.17, 15) is 20.2 Å². The molecule has 0 bridgehead atoms. The molecule has 0 saturated heterocycles. The zero-order valence-electron chi connectivity index (χ0n) is 24.5. The van der Waals surface area contributed by atoms with E-state index < -0.39 is 9.85 Å². The molecule has 6 aromatic rings. The minimum atomic E-state index is -0.552. The summed E-state index contributed by atoms with van der Waals surface area (Å²) in [6.45, 7) is 4.64. The number of hydrogen-bond acceptors (Lipinski definition) is 16. The summed E-state index contributed by atoms with van der Waals surface area (Å²) in [5.74, 6) is 0.779. The van der Waals surface area contributed by atoms with E-state index in [0.717, 1.165) is 12.4 Å². The number of hydrogen-bond donors (Lipinski definition) is 1. The second-order valence-electron chi connectivity index (χ2n) is 8.54. The summed E-state index contributed by atoms with van der Waals surface area (Å²) in [6.07, 6.45) is 13.1. The van der Waals surface area contributed by atoms with Gasteiger partial charge < -0.3 is 15.2 Å². The molecule has 0 aliphatic heterocycles. The monoisotopic (exact) mass is 665 g/mol. The molecule has 21 nitrogen and oxygen atoms in total. The van der Waals surface area contributed by atoms with Crippen LogP contribution in [0.3, 0.4) is 0 Å². The van der Waals surface area contributed by atoms with Gasteiger partial charge in [0.1, 0.15) is 29.5 Å². The predicted molar refractivity (Wildman–Crippen MR) is 163 cm³/mol. The number of nitrogen functional groups attached to an aromatic ring is 1. The highest BCUT2D eigenvalue weighted by atomic mass is 35.5. The Morgan fingerprint density at radius 2 is 1.13 bits per heavy atom. The Morgan fingerprint density at radius 1 is 0.702 bits per heavy atom. The van der Waals surface area contributed by atoms with Crippen molar-refractivity contribution in [1.29, 1.82) is 0 Å². The van der Waals surface area contributed by atoms with Crippen LogP contribution in [0.25, 0.3) is 17.1 Å². The number of anilines is 1. The fourth-order valence-corrected chi connectivity index (χ4v) is 3.70. The zero-order valence-corrected chi connectivity index (χ0v) is 25.3. The molecule has 0 aromatic carbocycles. The maximum absolute atomic E-state index is 10.7. The Labute approximate surface area is 268 Å². The quantitative estimate of drug-likeness (QED) is 0.132. The molecule has 0 saturated carbocycles. The van der Waals surface area contributed by atoms with Gasteiger partial charge in [0.15, 0.2) is 5.15 Å². The maximum atomic E-state index is 10.7. The second kappa shape index (κ2) is 15.9. The molecule has 0 atom stereocenters. The molecule has 0 spiro atoms. The van der Waals surface area contributed by atoms with Crippen LogP contribution < -0.4 is 15.2 Å². The molecule has 0 amide bonds. The van der Waals surface area contributed by atoms with Crippen molar-refractivity contribution in [2.24, 2.45) is 0 Å². The van der Waals surface area contributed by atoms with Crippen molar-refractivity contribution in [2.45, 2.75) is 13.8 Å². The van der Waals surface area contributed by atoms with Gasteiger partial charge in [0.05, 0.1) is 72.1 Å². The topological polar surface area (TPSA) is 262 Å². The Balaban J connectivity index is 0.000000160. The van der Waals surface area contributed by atoms with Gasteiger partial charge in [-0.15, -0.1) is 15.3 Å². The summed E-state index contributed by atoms with van der Waals surface area (Å²) in [5.41, 5.74) is 7.33. The van der Waals surface area contributed by atoms with Gasteiger partial charge in [-0.1, -0.05) is 27.2 Å². The fourth-order valence-electron chi connectivity index (χ4n) is 3.51. The number of pyridine rings is 3.